The number of ether oxygens (including phenoxy) is 1. The van der Waals surface area contributed by atoms with E-state index in [-0.39, 0.29) is 12.0 Å². The van der Waals surface area contributed by atoms with Crippen molar-refractivity contribution in [3.8, 4) is 0 Å². The first kappa shape index (κ1) is 15.0. The highest BCUT2D eigenvalue weighted by Crippen LogP contribution is 2.63. The number of aromatic nitrogens is 2. The van der Waals surface area contributed by atoms with Crippen molar-refractivity contribution >= 4 is 5.97 Å². The minimum absolute atomic E-state index is 0.234. The molecule has 1 N–H and O–H groups in total. The van der Waals surface area contributed by atoms with Crippen LogP contribution in [0.2, 0.25) is 0 Å². The van der Waals surface area contributed by atoms with Crippen LogP contribution in [-0.2, 0) is 4.74 Å². The molecular weight excluding hydrogens is 302 g/mol. The zero-order chi connectivity index (χ0) is 16.6. The van der Waals surface area contributed by atoms with E-state index in [1.807, 2.05) is 4.57 Å². The first-order valence-electron chi connectivity index (χ1n) is 7.06. The Labute approximate surface area is 131 Å². The van der Waals surface area contributed by atoms with Crippen molar-refractivity contribution in [3.05, 3.63) is 63.7 Å². The molecule has 1 saturated carbocycles. The fraction of sp³-hybridized carbons (Fsp3) is 0.333. The molecule has 1 aromatic heterocycles. The topological polar surface area (TPSA) is 107 Å². The summed E-state index contributed by atoms with van der Waals surface area (Å²) in [5.74, 6) is 0.947. The molecule has 1 fully saturated rings. The standard InChI is InChI=1S/C15H14N2O2.HNO3/c1-19-15(18)13-7-16-8-17(13)14-10-5-3-2-4-9(10)11-6-12(11)14;2-1(3)4/h2-5,7-8,11-12,14H,6H2,1H3;(H,2,3,4). The second kappa shape index (κ2) is 5.71. The second-order valence-corrected chi connectivity index (χ2v) is 5.50. The summed E-state index contributed by atoms with van der Waals surface area (Å²) in [6.07, 6.45) is 4.54. The molecule has 2 aliphatic rings. The van der Waals surface area contributed by atoms with Gasteiger partial charge in [0.2, 0.25) is 0 Å². The van der Waals surface area contributed by atoms with E-state index in [9.17, 15) is 4.79 Å². The van der Waals surface area contributed by atoms with E-state index in [0.717, 1.165) is 0 Å². The quantitative estimate of drug-likeness (QED) is 0.516. The van der Waals surface area contributed by atoms with E-state index in [0.29, 0.717) is 17.5 Å². The van der Waals surface area contributed by atoms with Crippen molar-refractivity contribution in [1.82, 2.24) is 9.55 Å². The van der Waals surface area contributed by atoms with Crippen LogP contribution in [-0.4, -0.2) is 32.9 Å². The van der Waals surface area contributed by atoms with E-state index in [4.69, 9.17) is 20.1 Å². The van der Waals surface area contributed by atoms with Crippen molar-refractivity contribution in [1.29, 1.82) is 0 Å². The molecule has 8 heteroatoms. The molecule has 1 heterocycles. The van der Waals surface area contributed by atoms with Gasteiger partial charge in [-0.05, 0) is 29.4 Å². The van der Waals surface area contributed by atoms with Crippen LogP contribution in [0.25, 0.3) is 0 Å². The molecule has 3 atom stereocenters. The van der Waals surface area contributed by atoms with Gasteiger partial charge in [-0.15, -0.1) is 10.1 Å². The average molecular weight is 317 g/mol. The highest BCUT2D eigenvalue weighted by Gasteiger charge is 2.52. The van der Waals surface area contributed by atoms with Crippen LogP contribution in [0, 0.1) is 16.0 Å². The van der Waals surface area contributed by atoms with Crippen molar-refractivity contribution < 1.29 is 19.8 Å². The van der Waals surface area contributed by atoms with E-state index in [1.165, 1.54) is 24.7 Å². The van der Waals surface area contributed by atoms with Crippen molar-refractivity contribution in [2.45, 2.75) is 18.4 Å². The SMILES string of the molecule is COC(=O)c1cncn1C1c2ccccc2C2CC21.O=[N+]([O-])O. The first-order chi connectivity index (χ1) is 11.0. The van der Waals surface area contributed by atoms with Gasteiger partial charge in [0.25, 0.3) is 5.09 Å². The zero-order valence-corrected chi connectivity index (χ0v) is 12.3. The average Bonchev–Trinajstić information content (AvgIpc) is 3.03. The fourth-order valence-electron chi connectivity index (χ4n) is 3.41. The van der Waals surface area contributed by atoms with Gasteiger partial charge in [-0.25, -0.2) is 9.78 Å². The normalized spacial score (nSPS) is 23.1. The summed E-state index contributed by atoms with van der Waals surface area (Å²) in [5, 5.41) is 13.6. The maximum atomic E-state index is 11.8. The van der Waals surface area contributed by atoms with Crippen LogP contribution in [0.4, 0.5) is 0 Å². The van der Waals surface area contributed by atoms with Gasteiger partial charge < -0.3 is 14.5 Å². The molecular formula is C15H15N3O5. The van der Waals surface area contributed by atoms with E-state index >= 15 is 0 Å². The number of carbonyl (C=O) groups excluding carboxylic acids is 1. The molecule has 8 nitrogen and oxygen atoms in total. The summed E-state index contributed by atoms with van der Waals surface area (Å²) >= 11 is 0. The van der Waals surface area contributed by atoms with E-state index in [2.05, 4.69) is 29.2 Å². The number of fused-ring (bicyclic) bond motifs is 3. The number of methoxy groups -OCH3 is 1. The third-order valence-electron chi connectivity index (χ3n) is 4.32. The Hall–Kier alpha value is -2.90. The predicted molar refractivity (Wildman–Crippen MR) is 77.8 cm³/mol. The van der Waals surface area contributed by atoms with Crippen molar-refractivity contribution in [2.24, 2.45) is 5.92 Å². The Morgan fingerprint density at radius 2 is 2.09 bits per heavy atom. The fourth-order valence-corrected chi connectivity index (χ4v) is 3.41. The Balaban J connectivity index is 0.000000354. The number of imidazole rings is 1. The van der Waals surface area contributed by atoms with Gasteiger partial charge in [-0.3, -0.25) is 0 Å². The number of nitrogens with zero attached hydrogens (tertiary/aromatic N) is 3. The van der Waals surface area contributed by atoms with Gasteiger partial charge in [0.15, 0.2) is 0 Å². The highest BCUT2D eigenvalue weighted by molar-refractivity contribution is 5.87. The van der Waals surface area contributed by atoms with Crippen LogP contribution in [0.15, 0.2) is 36.8 Å². The number of rotatable bonds is 2. The van der Waals surface area contributed by atoms with Crippen LogP contribution in [0.3, 0.4) is 0 Å². The van der Waals surface area contributed by atoms with Gasteiger partial charge in [0.1, 0.15) is 5.69 Å². The summed E-state index contributed by atoms with van der Waals surface area (Å²) in [6.45, 7) is 0. The molecule has 1 aromatic carbocycles. The van der Waals surface area contributed by atoms with Gasteiger partial charge in [-0.2, -0.15) is 0 Å². The smallest absolute Gasteiger partial charge is 0.356 e. The predicted octanol–water partition coefficient (Wildman–Crippen LogP) is 2.03. The van der Waals surface area contributed by atoms with Crippen LogP contribution in [0.5, 0.6) is 0 Å². The summed E-state index contributed by atoms with van der Waals surface area (Å²) in [5.41, 5.74) is 3.30. The van der Waals surface area contributed by atoms with Crippen molar-refractivity contribution in [2.75, 3.05) is 7.11 Å². The minimum Gasteiger partial charge on any atom is -0.464 e. The van der Waals surface area contributed by atoms with E-state index < -0.39 is 5.09 Å². The Bertz CT molecular complexity index is 753. The molecule has 2 aromatic rings. The zero-order valence-electron chi connectivity index (χ0n) is 12.3. The lowest BCUT2D eigenvalue weighted by Gasteiger charge is -2.18. The number of carbonyl (C=O) groups is 1. The summed E-state index contributed by atoms with van der Waals surface area (Å²) in [4.78, 5) is 24.3. The van der Waals surface area contributed by atoms with Crippen LogP contribution in [0.1, 0.15) is 40.0 Å². The monoisotopic (exact) mass is 317 g/mol. The molecule has 0 bridgehead atoms. The molecule has 2 aliphatic carbocycles. The van der Waals surface area contributed by atoms with Crippen molar-refractivity contribution in [3.63, 3.8) is 0 Å². The Morgan fingerprint density at radius 3 is 2.74 bits per heavy atom. The Kier molecular flexibility index (Phi) is 3.73. The third-order valence-corrected chi connectivity index (χ3v) is 4.32. The van der Waals surface area contributed by atoms with Gasteiger partial charge in [0, 0.05) is 0 Å². The van der Waals surface area contributed by atoms with Gasteiger partial charge in [0.05, 0.1) is 25.7 Å². The van der Waals surface area contributed by atoms with Gasteiger partial charge in [-0.1, -0.05) is 24.3 Å². The lowest BCUT2D eigenvalue weighted by atomic mass is 10.0. The summed E-state index contributed by atoms with van der Waals surface area (Å²) in [6, 6.07) is 8.75. The number of hydrogen-bond donors (Lipinski definition) is 1. The third kappa shape index (κ3) is 2.63. The highest BCUT2D eigenvalue weighted by atomic mass is 16.9. The molecule has 0 spiro atoms. The molecule has 0 saturated heterocycles. The molecule has 0 aliphatic heterocycles. The molecule has 0 amide bonds. The maximum Gasteiger partial charge on any atom is 0.356 e. The van der Waals surface area contributed by atoms with Crippen LogP contribution < -0.4 is 0 Å². The molecule has 120 valence electrons. The van der Waals surface area contributed by atoms with E-state index in [1.54, 1.807) is 12.5 Å². The van der Waals surface area contributed by atoms with Gasteiger partial charge >= 0.3 is 5.97 Å². The molecule has 0 radical (unpaired) electrons. The number of hydrogen-bond acceptors (Lipinski definition) is 5. The lowest BCUT2D eigenvalue weighted by Crippen LogP contribution is -2.17. The summed E-state index contributed by atoms with van der Waals surface area (Å²) in [7, 11) is 1.40. The maximum absolute atomic E-state index is 11.8. The number of benzene rings is 1. The largest absolute Gasteiger partial charge is 0.464 e. The second-order valence-electron chi connectivity index (χ2n) is 5.50. The molecule has 4 rings (SSSR count). The molecule has 23 heavy (non-hydrogen) atoms. The minimum atomic E-state index is -1.50. The first-order valence-corrected chi connectivity index (χ1v) is 7.06. The Morgan fingerprint density at radius 1 is 1.43 bits per heavy atom. The number of esters is 1. The lowest BCUT2D eigenvalue weighted by molar-refractivity contribution is -0.742. The molecule has 3 unspecified atom stereocenters. The van der Waals surface area contributed by atoms with Crippen LogP contribution >= 0.6 is 0 Å². The summed E-state index contributed by atoms with van der Waals surface area (Å²) < 4.78 is 6.81.